The first-order chi connectivity index (χ1) is 5.65. The van der Waals surface area contributed by atoms with Crippen LogP contribution in [-0.4, -0.2) is 0 Å². The summed E-state index contributed by atoms with van der Waals surface area (Å²) in [5.74, 6) is -0.322. The largest absolute Gasteiger partial charge is 0.324 e. The second-order valence-electron chi connectivity index (χ2n) is 2.68. The average molecular weight is 224 g/mol. The predicted octanol–water partition coefficient (Wildman–Crippen LogP) is 3.31. The highest BCUT2D eigenvalue weighted by Gasteiger charge is 2.08. The number of benzene rings is 1. The van der Waals surface area contributed by atoms with E-state index in [1.165, 1.54) is 6.07 Å². The molecular weight excluding hydrogens is 212 g/mol. The Labute approximate surface area is 88.5 Å². The fourth-order valence-electron chi connectivity index (χ4n) is 1.02. The SMILES string of the molecule is CC[C@H](N)c1ccc(Cl)cc1F.Cl. The van der Waals surface area contributed by atoms with Crippen LogP contribution >= 0.6 is 24.0 Å². The minimum atomic E-state index is -0.322. The molecule has 1 rings (SSSR count). The van der Waals surface area contributed by atoms with Crippen LogP contribution in [0.3, 0.4) is 0 Å². The summed E-state index contributed by atoms with van der Waals surface area (Å²) >= 11 is 5.58. The van der Waals surface area contributed by atoms with Crippen molar-refractivity contribution in [2.75, 3.05) is 0 Å². The zero-order chi connectivity index (χ0) is 9.14. The van der Waals surface area contributed by atoms with E-state index in [0.29, 0.717) is 10.6 Å². The maximum Gasteiger partial charge on any atom is 0.129 e. The number of rotatable bonds is 2. The molecule has 0 unspecified atom stereocenters. The molecule has 0 aliphatic heterocycles. The summed E-state index contributed by atoms with van der Waals surface area (Å²) in [5.41, 5.74) is 6.19. The lowest BCUT2D eigenvalue weighted by atomic mass is 10.1. The fourth-order valence-corrected chi connectivity index (χ4v) is 1.18. The molecule has 0 saturated carbocycles. The molecule has 0 aliphatic carbocycles. The van der Waals surface area contributed by atoms with Crippen LogP contribution in [0, 0.1) is 5.82 Å². The standard InChI is InChI=1S/C9H11ClFN.ClH/c1-2-9(12)7-4-3-6(10)5-8(7)11;/h3-5,9H,2,12H2,1H3;1H/t9-;/m0./s1. The Kier molecular flexibility index (Phi) is 5.30. The van der Waals surface area contributed by atoms with Gasteiger partial charge in [-0.2, -0.15) is 0 Å². The molecule has 74 valence electrons. The van der Waals surface area contributed by atoms with E-state index < -0.39 is 0 Å². The molecule has 1 nitrogen and oxygen atoms in total. The van der Waals surface area contributed by atoms with Gasteiger partial charge in [-0.1, -0.05) is 24.6 Å². The molecule has 0 aliphatic rings. The normalized spacial score (nSPS) is 12.0. The minimum Gasteiger partial charge on any atom is -0.324 e. The quantitative estimate of drug-likeness (QED) is 0.819. The topological polar surface area (TPSA) is 26.0 Å². The molecule has 0 amide bonds. The van der Waals surface area contributed by atoms with Crippen LogP contribution in [-0.2, 0) is 0 Å². The van der Waals surface area contributed by atoms with E-state index in [4.69, 9.17) is 17.3 Å². The van der Waals surface area contributed by atoms with Gasteiger partial charge in [-0.3, -0.25) is 0 Å². The van der Waals surface area contributed by atoms with Crippen LogP contribution in [0.2, 0.25) is 5.02 Å². The van der Waals surface area contributed by atoms with Crippen molar-refractivity contribution < 1.29 is 4.39 Å². The molecule has 0 heterocycles. The van der Waals surface area contributed by atoms with Crippen molar-refractivity contribution in [1.29, 1.82) is 0 Å². The van der Waals surface area contributed by atoms with Gasteiger partial charge in [0.15, 0.2) is 0 Å². The molecule has 0 saturated heterocycles. The Hall–Kier alpha value is -0.310. The van der Waals surface area contributed by atoms with Crippen molar-refractivity contribution >= 4 is 24.0 Å². The molecular formula is C9H12Cl2FN. The minimum absolute atomic E-state index is 0. The van der Waals surface area contributed by atoms with Crippen molar-refractivity contribution in [3.8, 4) is 0 Å². The fraction of sp³-hybridized carbons (Fsp3) is 0.333. The molecule has 1 atom stereocenters. The Bertz CT molecular complexity index is 278. The monoisotopic (exact) mass is 223 g/mol. The van der Waals surface area contributed by atoms with Crippen molar-refractivity contribution in [3.63, 3.8) is 0 Å². The molecule has 13 heavy (non-hydrogen) atoms. The summed E-state index contributed by atoms with van der Waals surface area (Å²) in [6.45, 7) is 1.92. The highest BCUT2D eigenvalue weighted by atomic mass is 35.5. The molecule has 2 N–H and O–H groups in total. The van der Waals surface area contributed by atoms with Gasteiger partial charge in [-0.05, 0) is 18.6 Å². The van der Waals surface area contributed by atoms with Gasteiger partial charge in [0, 0.05) is 16.6 Å². The predicted molar refractivity (Wildman–Crippen MR) is 55.9 cm³/mol. The highest BCUT2D eigenvalue weighted by molar-refractivity contribution is 6.30. The molecule has 4 heteroatoms. The van der Waals surface area contributed by atoms with Crippen LogP contribution in [0.25, 0.3) is 0 Å². The van der Waals surface area contributed by atoms with Crippen LogP contribution < -0.4 is 5.73 Å². The first kappa shape index (κ1) is 12.7. The molecule has 1 aromatic rings. The van der Waals surface area contributed by atoms with Gasteiger partial charge in [0.05, 0.1) is 0 Å². The van der Waals surface area contributed by atoms with Crippen molar-refractivity contribution in [3.05, 3.63) is 34.6 Å². The van der Waals surface area contributed by atoms with Gasteiger partial charge >= 0.3 is 0 Å². The van der Waals surface area contributed by atoms with E-state index in [0.717, 1.165) is 6.42 Å². The number of halogens is 3. The lowest BCUT2D eigenvalue weighted by Crippen LogP contribution is -2.10. The van der Waals surface area contributed by atoms with Crippen LogP contribution in [0.4, 0.5) is 4.39 Å². The van der Waals surface area contributed by atoms with E-state index >= 15 is 0 Å². The van der Waals surface area contributed by atoms with Gasteiger partial charge in [-0.15, -0.1) is 12.4 Å². The van der Waals surface area contributed by atoms with Gasteiger partial charge in [-0.25, -0.2) is 4.39 Å². The maximum atomic E-state index is 13.1. The number of hydrogen-bond donors (Lipinski definition) is 1. The zero-order valence-electron chi connectivity index (χ0n) is 7.26. The van der Waals surface area contributed by atoms with Crippen molar-refractivity contribution in [2.24, 2.45) is 5.73 Å². The Morgan fingerprint density at radius 2 is 2.15 bits per heavy atom. The van der Waals surface area contributed by atoms with Gasteiger partial charge in [0.1, 0.15) is 5.82 Å². The van der Waals surface area contributed by atoms with E-state index in [9.17, 15) is 4.39 Å². The smallest absolute Gasteiger partial charge is 0.129 e. The molecule has 0 aromatic heterocycles. The van der Waals surface area contributed by atoms with Gasteiger partial charge in [0.2, 0.25) is 0 Å². The van der Waals surface area contributed by atoms with Gasteiger partial charge < -0.3 is 5.73 Å². The lowest BCUT2D eigenvalue weighted by Gasteiger charge is -2.09. The summed E-state index contributed by atoms with van der Waals surface area (Å²) in [6.07, 6.45) is 0.721. The molecule has 0 radical (unpaired) electrons. The maximum absolute atomic E-state index is 13.1. The Morgan fingerprint density at radius 1 is 1.54 bits per heavy atom. The number of hydrogen-bond acceptors (Lipinski definition) is 1. The molecule has 1 aromatic carbocycles. The van der Waals surface area contributed by atoms with Gasteiger partial charge in [0.25, 0.3) is 0 Å². The first-order valence-electron chi connectivity index (χ1n) is 3.85. The molecule has 0 bridgehead atoms. The summed E-state index contributed by atoms with van der Waals surface area (Å²) in [5, 5.41) is 0.402. The van der Waals surface area contributed by atoms with Crippen molar-refractivity contribution in [2.45, 2.75) is 19.4 Å². The average Bonchev–Trinajstić information content (AvgIpc) is 2.03. The van der Waals surface area contributed by atoms with E-state index in [2.05, 4.69) is 0 Å². The van der Waals surface area contributed by atoms with Crippen molar-refractivity contribution in [1.82, 2.24) is 0 Å². The Balaban J connectivity index is 0.00000144. The second-order valence-corrected chi connectivity index (χ2v) is 3.12. The lowest BCUT2D eigenvalue weighted by molar-refractivity contribution is 0.575. The summed E-state index contributed by atoms with van der Waals surface area (Å²) in [4.78, 5) is 0. The third-order valence-electron chi connectivity index (χ3n) is 1.80. The van der Waals surface area contributed by atoms with E-state index in [1.54, 1.807) is 12.1 Å². The summed E-state index contributed by atoms with van der Waals surface area (Å²) < 4.78 is 13.1. The third-order valence-corrected chi connectivity index (χ3v) is 2.04. The van der Waals surface area contributed by atoms with E-state index in [1.807, 2.05) is 6.92 Å². The third kappa shape index (κ3) is 3.14. The molecule has 0 fully saturated rings. The van der Waals surface area contributed by atoms with E-state index in [-0.39, 0.29) is 24.3 Å². The highest BCUT2D eigenvalue weighted by Crippen LogP contribution is 2.20. The summed E-state index contributed by atoms with van der Waals surface area (Å²) in [7, 11) is 0. The Morgan fingerprint density at radius 3 is 2.62 bits per heavy atom. The molecule has 0 spiro atoms. The first-order valence-corrected chi connectivity index (χ1v) is 4.23. The zero-order valence-corrected chi connectivity index (χ0v) is 8.83. The van der Waals surface area contributed by atoms with Crippen LogP contribution in [0.1, 0.15) is 24.9 Å². The number of nitrogens with two attached hydrogens (primary N) is 1. The summed E-state index contributed by atoms with van der Waals surface area (Å²) in [6, 6.07) is 4.33. The van der Waals surface area contributed by atoms with Crippen LogP contribution in [0.5, 0.6) is 0 Å². The second kappa shape index (κ2) is 5.43. The van der Waals surface area contributed by atoms with Crippen LogP contribution in [0.15, 0.2) is 18.2 Å².